The first-order valence-corrected chi connectivity index (χ1v) is 13.8. The summed E-state index contributed by atoms with van der Waals surface area (Å²) in [5.41, 5.74) is 3.44. The molecule has 176 valence electrons. The lowest BCUT2D eigenvalue weighted by atomic mass is 9.89. The van der Waals surface area contributed by atoms with Crippen LogP contribution in [-0.2, 0) is 23.1 Å². The summed E-state index contributed by atoms with van der Waals surface area (Å²) in [6, 6.07) is 31.6. The van der Waals surface area contributed by atoms with E-state index in [0.717, 1.165) is 10.4 Å². The second-order valence-electron chi connectivity index (χ2n) is 8.01. The first kappa shape index (κ1) is 24.6. The Balaban J connectivity index is 1.34. The van der Waals surface area contributed by atoms with Gasteiger partial charge in [0.05, 0.1) is 0 Å². The third-order valence-corrected chi connectivity index (χ3v) is 8.82. The van der Waals surface area contributed by atoms with Crippen molar-refractivity contribution >= 4 is 33.0 Å². The van der Waals surface area contributed by atoms with E-state index in [-0.39, 0.29) is 5.92 Å². The Labute approximate surface area is 210 Å². The summed E-state index contributed by atoms with van der Waals surface area (Å²) >= 11 is 7.32. The van der Waals surface area contributed by atoms with Crippen LogP contribution in [0.15, 0.2) is 101 Å². The molecule has 0 amide bonds. The molecule has 0 radical (unpaired) electrons. The fourth-order valence-corrected chi connectivity index (χ4v) is 6.51. The van der Waals surface area contributed by atoms with E-state index in [1.807, 2.05) is 66.7 Å². The maximum absolute atomic E-state index is 12.9. The molecule has 1 aromatic heterocycles. The maximum atomic E-state index is 12.9. The number of halogens is 1. The highest BCUT2D eigenvalue weighted by atomic mass is 35.5. The minimum absolute atomic E-state index is 0.125. The van der Waals surface area contributed by atoms with Gasteiger partial charge in [-0.2, -0.15) is 0 Å². The van der Waals surface area contributed by atoms with E-state index in [1.54, 1.807) is 6.07 Å². The lowest BCUT2D eigenvalue weighted by molar-refractivity contribution is 0.577. The molecular weight excluding hydrogens is 484 g/mol. The van der Waals surface area contributed by atoms with Crippen molar-refractivity contribution in [3.63, 3.8) is 0 Å². The fourth-order valence-electron chi connectivity index (χ4n) is 3.88. The van der Waals surface area contributed by atoms with Crippen molar-refractivity contribution in [3.05, 3.63) is 124 Å². The largest absolute Gasteiger partial charge is 0.308 e. The van der Waals surface area contributed by atoms with Crippen molar-refractivity contribution in [1.29, 1.82) is 0 Å². The molecule has 0 aliphatic heterocycles. The van der Waals surface area contributed by atoms with Crippen LogP contribution in [0.5, 0.6) is 0 Å². The second kappa shape index (κ2) is 11.8. The number of benzene rings is 3. The lowest BCUT2D eigenvalue weighted by Crippen LogP contribution is -2.25. The van der Waals surface area contributed by atoms with Gasteiger partial charge in [0.2, 0.25) is 10.0 Å². The Hall–Kier alpha value is -2.48. The van der Waals surface area contributed by atoms with Gasteiger partial charge in [0.15, 0.2) is 0 Å². The van der Waals surface area contributed by atoms with Crippen LogP contribution >= 0.6 is 22.9 Å². The molecule has 0 bridgehead atoms. The van der Waals surface area contributed by atoms with Crippen LogP contribution in [0.25, 0.3) is 0 Å². The minimum atomic E-state index is -3.56. The van der Waals surface area contributed by atoms with E-state index in [0.29, 0.717) is 35.3 Å². The van der Waals surface area contributed by atoms with E-state index in [2.05, 4.69) is 34.3 Å². The number of sulfonamides is 1. The van der Waals surface area contributed by atoms with Crippen molar-refractivity contribution < 1.29 is 8.42 Å². The van der Waals surface area contributed by atoms with Crippen LogP contribution in [0.3, 0.4) is 0 Å². The van der Waals surface area contributed by atoms with Crippen LogP contribution in [0.2, 0.25) is 5.02 Å². The van der Waals surface area contributed by atoms with Gasteiger partial charge in [-0.25, -0.2) is 13.1 Å². The molecule has 0 atom stereocenters. The molecule has 7 heteroatoms. The molecule has 0 fully saturated rings. The van der Waals surface area contributed by atoms with Crippen molar-refractivity contribution in [2.75, 3.05) is 6.54 Å². The van der Waals surface area contributed by atoms with Gasteiger partial charge in [-0.3, -0.25) is 0 Å². The predicted molar refractivity (Wildman–Crippen MR) is 141 cm³/mol. The van der Waals surface area contributed by atoms with Crippen LogP contribution < -0.4 is 10.0 Å². The Bertz CT molecular complexity index is 1250. The highest BCUT2D eigenvalue weighted by Crippen LogP contribution is 2.28. The van der Waals surface area contributed by atoms with E-state index in [1.165, 1.54) is 22.5 Å². The molecule has 4 rings (SSSR count). The number of hydrogen-bond acceptors (Lipinski definition) is 4. The molecule has 0 saturated heterocycles. The Kier molecular flexibility index (Phi) is 8.53. The van der Waals surface area contributed by atoms with E-state index in [4.69, 9.17) is 11.6 Å². The van der Waals surface area contributed by atoms with E-state index < -0.39 is 10.0 Å². The summed E-state index contributed by atoms with van der Waals surface area (Å²) in [5.74, 6) is 0.125. The standard InChI is InChI=1S/C27H27ClN2O2S2/c28-24-13-7-8-21(18-24)19-29-20-25-14-15-27(33-25)34(31,32)30-17-16-26(22-9-3-1-4-10-22)23-11-5-2-6-12-23/h1-15,18,26,29-30H,16-17,19-20H2. The molecule has 4 nitrogen and oxygen atoms in total. The first-order valence-electron chi connectivity index (χ1n) is 11.1. The summed E-state index contributed by atoms with van der Waals surface area (Å²) in [5, 5.41) is 4.05. The topological polar surface area (TPSA) is 58.2 Å². The molecule has 0 aliphatic carbocycles. The monoisotopic (exact) mass is 510 g/mol. The lowest BCUT2D eigenvalue weighted by Gasteiger charge is -2.18. The van der Waals surface area contributed by atoms with Gasteiger partial charge in [0.1, 0.15) is 4.21 Å². The highest BCUT2D eigenvalue weighted by molar-refractivity contribution is 7.91. The quantitative estimate of drug-likeness (QED) is 0.253. The number of rotatable bonds is 11. The zero-order valence-electron chi connectivity index (χ0n) is 18.7. The SMILES string of the molecule is O=S(=O)(NCCC(c1ccccc1)c1ccccc1)c1ccc(CNCc2cccc(Cl)c2)s1. The number of hydrogen-bond donors (Lipinski definition) is 2. The van der Waals surface area contributed by atoms with Crippen LogP contribution in [0.1, 0.15) is 33.9 Å². The van der Waals surface area contributed by atoms with Gasteiger partial charge in [-0.1, -0.05) is 84.4 Å². The van der Waals surface area contributed by atoms with Crippen LogP contribution in [-0.4, -0.2) is 15.0 Å². The molecule has 2 N–H and O–H groups in total. The summed E-state index contributed by atoms with van der Waals surface area (Å²) < 4.78 is 28.9. The Morgan fingerprint density at radius 1 is 0.794 bits per heavy atom. The van der Waals surface area contributed by atoms with Crippen LogP contribution in [0.4, 0.5) is 0 Å². The van der Waals surface area contributed by atoms with Gasteiger partial charge in [-0.05, 0) is 47.4 Å². The average molecular weight is 511 g/mol. The molecule has 34 heavy (non-hydrogen) atoms. The van der Waals surface area contributed by atoms with E-state index in [9.17, 15) is 8.42 Å². The Morgan fingerprint density at radius 2 is 1.47 bits per heavy atom. The highest BCUT2D eigenvalue weighted by Gasteiger charge is 2.19. The first-order chi connectivity index (χ1) is 16.5. The molecule has 0 spiro atoms. The van der Waals surface area contributed by atoms with Crippen molar-refractivity contribution in [2.45, 2.75) is 29.6 Å². The molecule has 4 aromatic rings. The van der Waals surface area contributed by atoms with Gasteiger partial charge in [0.25, 0.3) is 0 Å². The summed E-state index contributed by atoms with van der Waals surface area (Å²) in [6.45, 7) is 1.62. The predicted octanol–water partition coefficient (Wildman–Crippen LogP) is 6.19. The molecule has 0 unspecified atom stereocenters. The van der Waals surface area contributed by atoms with Crippen molar-refractivity contribution in [3.8, 4) is 0 Å². The van der Waals surface area contributed by atoms with Crippen molar-refractivity contribution in [1.82, 2.24) is 10.0 Å². The number of thiophene rings is 1. The molecule has 1 heterocycles. The fraction of sp³-hybridized carbons (Fsp3) is 0.185. The van der Waals surface area contributed by atoms with Gasteiger partial charge in [0, 0.05) is 35.5 Å². The minimum Gasteiger partial charge on any atom is -0.308 e. The molecule has 0 aliphatic rings. The summed E-state index contributed by atoms with van der Waals surface area (Å²) in [7, 11) is -3.56. The second-order valence-corrected chi connectivity index (χ2v) is 11.6. The summed E-state index contributed by atoms with van der Waals surface area (Å²) in [6.07, 6.45) is 0.673. The maximum Gasteiger partial charge on any atom is 0.250 e. The van der Waals surface area contributed by atoms with E-state index >= 15 is 0 Å². The third-order valence-electron chi connectivity index (χ3n) is 5.55. The average Bonchev–Trinajstić information content (AvgIpc) is 3.33. The zero-order valence-corrected chi connectivity index (χ0v) is 21.0. The molecule has 0 saturated carbocycles. The molecule has 3 aromatic carbocycles. The smallest absolute Gasteiger partial charge is 0.250 e. The van der Waals surface area contributed by atoms with Crippen LogP contribution in [0, 0.1) is 0 Å². The Morgan fingerprint density at radius 3 is 2.12 bits per heavy atom. The van der Waals surface area contributed by atoms with Gasteiger partial charge < -0.3 is 5.32 Å². The third kappa shape index (κ3) is 6.78. The number of nitrogens with one attached hydrogen (secondary N) is 2. The zero-order chi connectivity index (χ0) is 23.8. The van der Waals surface area contributed by atoms with Gasteiger partial charge in [-0.15, -0.1) is 11.3 Å². The van der Waals surface area contributed by atoms with Gasteiger partial charge >= 0.3 is 0 Å². The normalized spacial score (nSPS) is 11.7. The summed E-state index contributed by atoms with van der Waals surface area (Å²) in [4.78, 5) is 0.967. The molecular formula is C27H27ClN2O2S2. The van der Waals surface area contributed by atoms with Crippen molar-refractivity contribution in [2.24, 2.45) is 0 Å².